The van der Waals surface area contributed by atoms with E-state index >= 15 is 0 Å². The average Bonchev–Trinajstić information content (AvgIpc) is 2.48. The molecule has 1 saturated heterocycles. The average molecular weight is 294 g/mol. The summed E-state index contributed by atoms with van der Waals surface area (Å²) in [7, 11) is 0. The third-order valence-corrected chi connectivity index (χ3v) is 3.99. The van der Waals surface area contributed by atoms with Gasteiger partial charge in [0.2, 0.25) is 0 Å². The standard InChI is InChI=1S/C15H22N2O4/c1-12-13(3-2-4-15(12)17(19)20)11-16-7-5-14(6-8-16)21-10-9-18/h2-4,14,18H,5-11H2,1H3. The van der Waals surface area contributed by atoms with Gasteiger partial charge in [0, 0.05) is 31.3 Å². The molecule has 0 aromatic heterocycles. The van der Waals surface area contributed by atoms with E-state index in [1.54, 1.807) is 12.1 Å². The summed E-state index contributed by atoms with van der Waals surface area (Å²) in [5.74, 6) is 0. The predicted molar refractivity (Wildman–Crippen MR) is 79.2 cm³/mol. The van der Waals surface area contributed by atoms with Gasteiger partial charge in [0.15, 0.2) is 0 Å². The fourth-order valence-corrected chi connectivity index (χ4v) is 2.73. The predicted octanol–water partition coefficient (Wildman–Crippen LogP) is 1.88. The largest absolute Gasteiger partial charge is 0.394 e. The van der Waals surface area contributed by atoms with E-state index in [2.05, 4.69) is 4.90 Å². The van der Waals surface area contributed by atoms with Crippen LogP contribution in [0.15, 0.2) is 18.2 Å². The minimum absolute atomic E-state index is 0.0626. The molecule has 1 fully saturated rings. The van der Waals surface area contributed by atoms with Crippen molar-refractivity contribution in [3.8, 4) is 0 Å². The fraction of sp³-hybridized carbons (Fsp3) is 0.600. The van der Waals surface area contributed by atoms with Crippen LogP contribution in [-0.4, -0.2) is 47.3 Å². The van der Waals surface area contributed by atoms with E-state index in [0.29, 0.717) is 6.61 Å². The molecule has 2 rings (SSSR count). The fourth-order valence-electron chi connectivity index (χ4n) is 2.73. The molecule has 1 aliphatic heterocycles. The number of piperidine rings is 1. The van der Waals surface area contributed by atoms with Crippen LogP contribution in [-0.2, 0) is 11.3 Å². The number of hydrogen-bond donors (Lipinski definition) is 1. The molecule has 1 aromatic carbocycles. The molecule has 6 heteroatoms. The Hall–Kier alpha value is -1.50. The Kier molecular flexibility index (Phi) is 5.67. The molecule has 0 unspecified atom stereocenters. The summed E-state index contributed by atoms with van der Waals surface area (Å²) < 4.78 is 5.54. The van der Waals surface area contributed by atoms with Gasteiger partial charge < -0.3 is 9.84 Å². The van der Waals surface area contributed by atoms with Crippen LogP contribution in [0.1, 0.15) is 24.0 Å². The normalized spacial score (nSPS) is 17.0. The van der Waals surface area contributed by atoms with Gasteiger partial charge in [0.25, 0.3) is 5.69 Å². The summed E-state index contributed by atoms with van der Waals surface area (Å²) in [6.45, 7) is 4.84. The zero-order chi connectivity index (χ0) is 15.2. The number of nitro groups is 1. The molecule has 0 spiro atoms. The smallest absolute Gasteiger partial charge is 0.272 e. The minimum atomic E-state index is -0.326. The molecule has 116 valence electrons. The maximum Gasteiger partial charge on any atom is 0.272 e. The second kappa shape index (κ2) is 7.49. The Morgan fingerprint density at radius 1 is 1.43 bits per heavy atom. The van der Waals surface area contributed by atoms with Crippen molar-refractivity contribution >= 4 is 5.69 Å². The zero-order valence-electron chi connectivity index (χ0n) is 12.3. The summed E-state index contributed by atoms with van der Waals surface area (Å²) in [5, 5.41) is 19.7. The van der Waals surface area contributed by atoms with E-state index in [1.165, 1.54) is 0 Å². The molecule has 0 bridgehead atoms. The van der Waals surface area contributed by atoms with E-state index in [9.17, 15) is 10.1 Å². The number of hydrogen-bond acceptors (Lipinski definition) is 5. The van der Waals surface area contributed by atoms with Crippen LogP contribution >= 0.6 is 0 Å². The summed E-state index contributed by atoms with van der Waals surface area (Å²) in [5.41, 5.74) is 1.95. The molecule has 21 heavy (non-hydrogen) atoms. The Morgan fingerprint density at radius 3 is 2.76 bits per heavy atom. The molecule has 1 N–H and O–H groups in total. The Morgan fingerprint density at radius 2 is 2.14 bits per heavy atom. The molecule has 6 nitrogen and oxygen atoms in total. The molecular weight excluding hydrogens is 272 g/mol. The van der Waals surface area contributed by atoms with Gasteiger partial charge in [-0.1, -0.05) is 12.1 Å². The highest BCUT2D eigenvalue weighted by molar-refractivity contribution is 5.44. The summed E-state index contributed by atoms with van der Waals surface area (Å²) in [4.78, 5) is 12.9. The first-order valence-corrected chi connectivity index (χ1v) is 7.29. The van der Waals surface area contributed by atoms with E-state index in [1.807, 2.05) is 13.0 Å². The van der Waals surface area contributed by atoms with Crippen LogP contribution in [0.5, 0.6) is 0 Å². The highest BCUT2D eigenvalue weighted by atomic mass is 16.6. The Labute approximate surface area is 124 Å². The number of likely N-dealkylation sites (tertiary alicyclic amines) is 1. The first-order valence-electron chi connectivity index (χ1n) is 7.29. The quantitative estimate of drug-likeness (QED) is 0.640. The molecule has 0 atom stereocenters. The van der Waals surface area contributed by atoms with Crippen molar-refractivity contribution in [3.63, 3.8) is 0 Å². The van der Waals surface area contributed by atoms with Gasteiger partial charge in [0.05, 0.1) is 24.2 Å². The Bertz CT molecular complexity index is 485. The van der Waals surface area contributed by atoms with Crippen molar-refractivity contribution in [2.75, 3.05) is 26.3 Å². The van der Waals surface area contributed by atoms with Crippen molar-refractivity contribution in [1.29, 1.82) is 0 Å². The number of aliphatic hydroxyl groups excluding tert-OH is 1. The van der Waals surface area contributed by atoms with Crippen LogP contribution in [0.25, 0.3) is 0 Å². The number of aliphatic hydroxyl groups is 1. The molecule has 1 heterocycles. The van der Waals surface area contributed by atoms with E-state index < -0.39 is 0 Å². The maximum absolute atomic E-state index is 11.0. The summed E-state index contributed by atoms with van der Waals surface area (Å²) >= 11 is 0. The third-order valence-electron chi connectivity index (χ3n) is 3.99. The lowest BCUT2D eigenvalue weighted by Gasteiger charge is -2.32. The van der Waals surface area contributed by atoms with Crippen LogP contribution in [0.4, 0.5) is 5.69 Å². The van der Waals surface area contributed by atoms with Gasteiger partial charge in [0.1, 0.15) is 0 Å². The molecule has 1 aromatic rings. The molecule has 0 aliphatic carbocycles. The van der Waals surface area contributed by atoms with Crippen molar-refractivity contribution in [1.82, 2.24) is 4.90 Å². The lowest BCUT2D eigenvalue weighted by atomic mass is 10.0. The second-order valence-corrected chi connectivity index (χ2v) is 5.39. The zero-order valence-corrected chi connectivity index (χ0v) is 12.3. The lowest BCUT2D eigenvalue weighted by molar-refractivity contribution is -0.385. The van der Waals surface area contributed by atoms with E-state index in [-0.39, 0.29) is 23.3 Å². The minimum Gasteiger partial charge on any atom is -0.394 e. The van der Waals surface area contributed by atoms with Gasteiger partial charge in [-0.3, -0.25) is 15.0 Å². The van der Waals surface area contributed by atoms with Crippen molar-refractivity contribution in [3.05, 3.63) is 39.4 Å². The van der Waals surface area contributed by atoms with Crippen LogP contribution in [0.3, 0.4) is 0 Å². The van der Waals surface area contributed by atoms with Gasteiger partial charge >= 0.3 is 0 Å². The van der Waals surface area contributed by atoms with Crippen LogP contribution in [0.2, 0.25) is 0 Å². The van der Waals surface area contributed by atoms with Gasteiger partial charge in [-0.2, -0.15) is 0 Å². The van der Waals surface area contributed by atoms with Gasteiger partial charge in [-0.25, -0.2) is 0 Å². The van der Waals surface area contributed by atoms with E-state index in [4.69, 9.17) is 9.84 Å². The molecular formula is C15H22N2O4. The molecule has 0 amide bonds. The van der Waals surface area contributed by atoms with Crippen LogP contribution in [0, 0.1) is 17.0 Å². The summed E-state index contributed by atoms with van der Waals surface area (Å²) in [6, 6.07) is 5.25. The molecule has 1 aliphatic rings. The number of nitro benzene ring substituents is 1. The lowest BCUT2D eigenvalue weighted by Crippen LogP contribution is -2.37. The number of benzene rings is 1. The number of rotatable bonds is 6. The van der Waals surface area contributed by atoms with Crippen LogP contribution < -0.4 is 0 Å². The highest BCUT2D eigenvalue weighted by Gasteiger charge is 2.21. The van der Waals surface area contributed by atoms with Crippen molar-refractivity contribution in [2.24, 2.45) is 0 Å². The summed E-state index contributed by atoms with van der Waals surface area (Å²) in [6.07, 6.45) is 2.10. The van der Waals surface area contributed by atoms with Crippen molar-refractivity contribution < 1.29 is 14.8 Å². The second-order valence-electron chi connectivity index (χ2n) is 5.39. The first kappa shape index (κ1) is 15.9. The number of ether oxygens (including phenoxy) is 1. The first-order chi connectivity index (χ1) is 10.1. The third kappa shape index (κ3) is 4.23. The molecule has 0 radical (unpaired) electrons. The highest BCUT2D eigenvalue weighted by Crippen LogP contribution is 2.23. The monoisotopic (exact) mass is 294 g/mol. The van der Waals surface area contributed by atoms with Gasteiger partial charge in [-0.15, -0.1) is 0 Å². The Balaban J connectivity index is 1.92. The van der Waals surface area contributed by atoms with E-state index in [0.717, 1.165) is 43.6 Å². The van der Waals surface area contributed by atoms with Crippen molar-refractivity contribution in [2.45, 2.75) is 32.4 Å². The maximum atomic E-state index is 11.0. The van der Waals surface area contributed by atoms with Gasteiger partial charge in [-0.05, 0) is 25.3 Å². The molecule has 0 saturated carbocycles. The topological polar surface area (TPSA) is 75.8 Å². The number of nitrogens with zero attached hydrogens (tertiary/aromatic N) is 2. The SMILES string of the molecule is Cc1c(CN2CCC(OCCO)CC2)cccc1[N+](=O)[O-].